The first-order chi connectivity index (χ1) is 27.9. The number of nitrogens with one attached hydrogen (secondary N) is 1. The standard InChI is InChI=1S/C44H80N4O10.3Na/c1-3-5-7-9-11-13-15-17-19-21-23-28-39(50)47-36(43(55)56)30-32-38(49)45-34-26-25-27-35(42(53)54)46-41(52)33-31-37(44(57)58)48-40(51)29-24-22-20-18-16-14-12-10-8-6-4-2;;;/h35-37H,3-34H2,1-2H3,(H,45,49)(H,46,52)(H,47,50)(H,48,51)(H,53,54)(H,55,56)(H,57,58);;;/q;3*+1/p-3/t35-,36-,37-;;;/m0.../s1. The van der Waals surface area contributed by atoms with Gasteiger partial charge in [-0.25, -0.2) is 14.4 Å². The number of unbranched alkanes of at least 4 members (excludes halogenated alkanes) is 21. The maximum Gasteiger partial charge on any atom is 1.00 e. The second-order valence-electron chi connectivity index (χ2n) is 15.6. The van der Waals surface area contributed by atoms with E-state index < -0.39 is 59.6 Å². The molecular formula is C44H77N4Na3O10. The molecule has 4 N–H and O–H groups in total. The second kappa shape index (κ2) is 47.3. The summed E-state index contributed by atoms with van der Waals surface area (Å²) in [6.07, 6.45) is 24.9. The number of nitrogens with zero attached hydrogens (tertiary/aromatic N) is 3. The molecule has 0 saturated heterocycles. The van der Waals surface area contributed by atoms with Gasteiger partial charge in [-0.15, -0.1) is 0 Å². The first-order valence-electron chi connectivity index (χ1n) is 22.6. The van der Waals surface area contributed by atoms with Crippen molar-refractivity contribution in [2.75, 3.05) is 6.54 Å². The Hall–Kier alpha value is -0.710. The van der Waals surface area contributed by atoms with E-state index in [0.717, 1.165) is 38.5 Å². The predicted molar refractivity (Wildman–Crippen MR) is 224 cm³/mol. The number of amides is 1. The van der Waals surface area contributed by atoms with Crippen molar-refractivity contribution in [3.63, 3.8) is 0 Å². The molecule has 1 amide bonds. The number of aliphatic imine (C=N–C) groups is 3. The number of carboxylic acids is 3. The molecule has 14 nitrogen and oxygen atoms in total. The van der Waals surface area contributed by atoms with Gasteiger partial charge in [-0.1, -0.05) is 142 Å². The normalized spacial score (nSPS) is 13.2. The van der Waals surface area contributed by atoms with E-state index in [1.165, 1.54) is 89.9 Å². The first kappa shape index (κ1) is 66.9. The average Bonchev–Trinajstić information content (AvgIpc) is 3.18. The molecule has 0 aromatic carbocycles. The quantitative estimate of drug-likeness (QED) is 0.0225. The Morgan fingerprint density at radius 1 is 0.443 bits per heavy atom. The van der Waals surface area contributed by atoms with Gasteiger partial charge >= 0.3 is 107 Å². The Morgan fingerprint density at radius 2 is 0.803 bits per heavy atom. The Kier molecular flexibility index (Phi) is 51.8. The van der Waals surface area contributed by atoms with Crippen molar-refractivity contribution in [3.05, 3.63) is 0 Å². The number of carboxylic acid groups (broad SMARTS) is 3. The van der Waals surface area contributed by atoms with Crippen LogP contribution in [-0.4, -0.2) is 81.5 Å². The van der Waals surface area contributed by atoms with E-state index in [2.05, 4.69) is 34.1 Å². The molecule has 0 fully saturated rings. The zero-order chi connectivity index (χ0) is 43.2. The van der Waals surface area contributed by atoms with Gasteiger partial charge in [-0.05, 0) is 81.9 Å². The maximum atomic E-state index is 12.5. The third-order valence-corrected chi connectivity index (χ3v) is 10.3. The Labute approximate surface area is 433 Å². The van der Waals surface area contributed by atoms with Gasteiger partial charge in [-0.3, -0.25) is 14.8 Å². The summed E-state index contributed by atoms with van der Waals surface area (Å²) < 4.78 is 0. The Balaban J connectivity index is -0.00000541. The van der Waals surface area contributed by atoms with Crippen molar-refractivity contribution in [2.24, 2.45) is 15.0 Å². The molecule has 0 saturated carbocycles. The van der Waals surface area contributed by atoms with Gasteiger partial charge in [0.2, 0.25) is 5.91 Å². The molecule has 0 radical (unpaired) electrons. The molecule has 0 unspecified atom stereocenters. The minimum absolute atomic E-state index is 0. The number of hydrogen-bond acceptors (Lipinski definition) is 10. The summed E-state index contributed by atoms with van der Waals surface area (Å²) in [4.78, 5) is 59.0. The number of aliphatic carboxylic acids is 3. The van der Waals surface area contributed by atoms with Crippen molar-refractivity contribution in [3.8, 4) is 0 Å². The van der Waals surface area contributed by atoms with Crippen LogP contribution in [0.4, 0.5) is 0 Å². The molecule has 0 aromatic rings. The summed E-state index contributed by atoms with van der Waals surface area (Å²) in [5.74, 6) is -6.11. The molecule has 0 aliphatic heterocycles. The summed E-state index contributed by atoms with van der Waals surface area (Å²) in [5.41, 5.74) is 0. The van der Waals surface area contributed by atoms with E-state index in [0.29, 0.717) is 25.7 Å². The molecule has 0 heterocycles. The molecule has 3 atom stereocenters. The number of hydrogen-bond donors (Lipinski definition) is 4. The van der Waals surface area contributed by atoms with Gasteiger partial charge in [0, 0.05) is 13.0 Å². The van der Waals surface area contributed by atoms with Crippen LogP contribution in [0, 0.1) is 0 Å². The van der Waals surface area contributed by atoms with Crippen LogP contribution in [0.25, 0.3) is 0 Å². The van der Waals surface area contributed by atoms with Gasteiger partial charge in [0.15, 0.2) is 0 Å². The molecule has 0 rings (SSSR count). The van der Waals surface area contributed by atoms with Gasteiger partial charge in [0.05, 0.1) is 0 Å². The number of rotatable bonds is 41. The zero-order valence-corrected chi connectivity index (χ0v) is 44.9. The number of carbonyl (C=O) groups excluding carboxylic acids is 1. The van der Waals surface area contributed by atoms with E-state index in [9.17, 15) is 49.8 Å². The van der Waals surface area contributed by atoms with Crippen LogP contribution in [0.3, 0.4) is 0 Å². The molecule has 0 aliphatic rings. The van der Waals surface area contributed by atoms with Crippen LogP contribution in [0.1, 0.15) is 213 Å². The van der Waals surface area contributed by atoms with E-state index in [4.69, 9.17) is 0 Å². The van der Waals surface area contributed by atoms with E-state index >= 15 is 0 Å². The second-order valence-corrected chi connectivity index (χ2v) is 15.6. The molecule has 0 bridgehead atoms. The van der Waals surface area contributed by atoms with Gasteiger partial charge < -0.3 is 40.9 Å². The smallest absolute Gasteiger partial charge is 0.862 e. The van der Waals surface area contributed by atoms with Crippen LogP contribution in [0.15, 0.2) is 15.0 Å². The van der Waals surface area contributed by atoms with E-state index in [1.807, 2.05) is 0 Å². The summed E-state index contributed by atoms with van der Waals surface area (Å²) in [5, 5.41) is 67.8. The topological polar surface area (TPSA) is 247 Å². The van der Waals surface area contributed by atoms with Gasteiger partial charge in [0.1, 0.15) is 18.1 Å². The van der Waals surface area contributed by atoms with Crippen molar-refractivity contribution in [1.29, 1.82) is 0 Å². The summed E-state index contributed by atoms with van der Waals surface area (Å²) in [6.45, 7) is 4.48. The summed E-state index contributed by atoms with van der Waals surface area (Å²) in [7, 11) is 0. The number of carbonyl (C=O) groups is 4. The fraction of sp³-hybridized carbons (Fsp3) is 0.841. The molecule has 0 aromatic heterocycles. The SMILES string of the molecule is CCCCCCCCCCCCCC([O-])=N[C@@H](CCC(=O)N[C@@H](CCCCN=C([O-])CC[C@H](N=C([O-])CCCCCCCCCCCCC)C(=O)O)C(=O)O)C(=O)O.[Na+].[Na+].[Na+]. The molecule has 0 spiro atoms. The Morgan fingerprint density at radius 3 is 1.16 bits per heavy atom. The third-order valence-electron chi connectivity index (χ3n) is 10.3. The average molecular weight is 891 g/mol. The fourth-order valence-electron chi connectivity index (χ4n) is 6.64. The first-order valence-corrected chi connectivity index (χ1v) is 22.6. The molecular weight excluding hydrogens is 813 g/mol. The van der Waals surface area contributed by atoms with Crippen LogP contribution in [0.2, 0.25) is 0 Å². The van der Waals surface area contributed by atoms with Crippen LogP contribution in [-0.2, 0) is 19.2 Å². The van der Waals surface area contributed by atoms with Crippen LogP contribution < -0.4 is 109 Å². The maximum absolute atomic E-state index is 12.5. The Bertz CT molecular complexity index is 1210. The molecule has 17 heteroatoms. The zero-order valence-electron chi connectivity index (χ0n) is 38.9. The monoisotopic (exact) mass is 891 g/mol. The van der Waals surface area contributed by atoms with E-state index in [1.54, 1.807) is 0 Å². The summed E-state index contributed by atoms with van der Waals surface area (Å²) >= 11 is 0. The van der Waals surface area contributed by atoms with Crippen molar-refractivity contribution < 1.29 is 138 Å². The largest absolute Gasteiger partial charge is 1.00 e. The third kappa shape index (κ3) is 43.0. The van der Waals surface area contributed by atoms with Crippen molar-refractivity contribution in [2.45, 2.75) is 231 Å². The van der Waals surface area contributed by atoms with Gasteiger partial charge in [0.25, 0.3) is 0 Å². The molecule has 336 valence electrons. The molecule has 0 aliphatic carbocycles. The van der Waals surface area contributed by atoms with Crippen molar-refractivity contribution >= 4 is 41.5 Å². The van der Waals surface area contributed by atoms with E-state index in [-0.39, 0.29) is 140 Å². The minimum atomic E-state index is -1.40. The fourth-order valence-corrected chi connectivity index (χ4v) is 6.64. The molecule has 61 heavy (non-hydrogen) atoms. The van der Waals surface area contributed by atoms with Crippen LogP contribution in [0.5, 0.6) is 0 Å². The minimum Gasteiger partial charge on any atom is -0.862 e. The van der Waals surface area contributed by atoms with Crippen molar-refractivity contribution in [1.82, 2.24) is 5.32 Å². The predicted octanol–water partition coefficient (Wildman–Crippen LogP) is -2.12. The van der Waals surface area contributed by atoms with Crippen LogP contribution >= 0.6 is 0 Å². The van der Waals surface area contributed by atoms with Gasteiger partial charge in [-0.2, -0.15) is 0 Å². The summed E-state index contributed by atoms with van der Waals surface area (Å²) in [6, 6.07) is -3.96.